The number of thiophene rings is 1. The fraction of sp³-hybridized carbons (Fsp3) is 0. The van der Waals surface area contributed by atoms with Crippen LogP contribution < -0.4 is 16.2 Å². The summed E-state index contributed by atoms with van der Waals surface area (Å²) in [5, 5.41) is 7.31. The third-order valence-electron chi connectivity index (χ3n) is 4.41. The van der Waals surface area contributed by atoms with E-state index in [0.29, 0.717) is 21.9 Å². The van der Waals surface area contributed by atoms with Crippen LogP contribution in [0.25, 0.3) is 11.3 Å². The van der Waals surface area contributed by atoms with Crippen molar-refractivity contribution in [2.75, 3.05) is 10.6 Å². The van der Waals surface area contributed by atoms with Crippen LogP contribution in [-0.2, 0) is 0 Å². The van der Waals surface area contributed by atoms with Crippen LogP contribution in [0, 0.1) is 0 Å². The summed E-state index contributed by atoms with van der Waals surface area (Å²) in [6, 6.07) is 22.9. The topological polar surface area (TPSA) is 91.1 Å². The van der Waals surface area contributed by atoms with Crippen molar-refractivity contribution in [3.05, 3.63) is 105 Å². The van der Waals surface area contributed by atoms with Gasteiger partial charge in [-0.25, -0.2) is 0 Å². The van der Waals surface area contributed by atoms with Crippen LogP contribution in [0.1, 0.15) is 20.0 Å². The summed E-state index contributed by atoms with van der Waals surface area (Å²) in [7, 11) is 0. The molecule has 148 valence electrons. The third-order valence-corrected chi connectivity index (χ3v) is 5.28. The molecule has 30 heavy (non-hydrogen) atoms. The Morgan fingerprint density at radius 2 is 1.40 bits per heavy atom. The lowest BCUT2D eigenvalue weighted by Crippen LogP contribution is -2.24. The van der Waals surface area contributed by atoms with Gasteiger partial charge in [0, 0.05) is 5.69 Å². The van der Waals surface area contributed by atoms with Gasteiger partial charge in [0.2, 0.25) is 0 Å². The molecule has 7 heteroatoms. The van der Waals surface area contributed by atoms with Gasteiger partial charge >= 0.3 is 0 Å². The molecule has 2 aromatic carbocycles. The standard InChI is InChI=1S/C23H17N3O3S/c27-21-16(12-13-17(24-21)15-7-2-1-3-8-15)22(28)25-18-9-4-5-10-19(18)26-23(29)20-11-6-14-30-20/h1-14H,(H,24,27)(H,25,28)(H,26,29). The van der Waals surface area contributed by atoms with Gasteiger partial charge in [-0.05, 0) is 41.3 Å². The Kier molecular flexibility index (Phi) is 5.54. The smallest absolute Gasteiger partial charge is 0.265 e. The van der Waals surface area contributed by atoms with E-state index in [-0.39, 0.29) is 11.5 Å². The van der Waals surface area contributed by atoms with E-state index in [9.17, 15) is 14.4 Å². The van der Waals surface area contributed by atoms with Crippen molar-refractivity contribution in [1.82, 2.24) is 4.98 Å². The van der Waals surface area contributed by atoms with Crippen LogP contribution in [0.15, 0.2) is 89.0 Å². The lowest BCUT2D eigenvalue weighted by Gasteiger charge is -2.12. The highest BCUT2D eigenvalue weighted by Gasteiger charge is 2.15. The average Bonchev–Trinajstić information content (AvgIpc) is 3.31. The molecule has 2 heterocycles. The third kappa shape index (κ3) is 4.21. The first kappa shape index (κ1) is 19.4. The number of carbonyl (C=O) groups excluding carboxylic acids is 2. The van der Waals surface area contributed by atoms with E-state index in [4.69, 9.17) is 0 Å². The molecular weight excluding hydrogens is 398 g/mol. The maximum atomic E-state index is 12.7. The number of anilines is 2. The number of H-pyrrole nitrogens is 1. The molecule has 0 saturated carbocycles. The van der Waals surface area contributed by atoms with Gasteiger partial charge < -0.3 is 15.6 Å². The van der Waals surface area contributed by atoms with E-state index >= 15 is 0 Å². The summed E-state index contributed by atoms with van der Waals surface area (Å²) in [6.45, 7) is 0. The molecule has 0 bridgehead atoms. The fourth-order valence-electron chi connectivity index (χ4n) is 2.92. The second kappa shape index (κ2) is 8.59. The molecule has 0 radical (unpaired) electrons. The first-order valence-electron chi connectivity index (χ1n) is 9.16. The highest BCUT2D eigenvalue weighted by atomic mass is 32.1. The number of benzene rings is 2. The average molecular weight is 415 g/mol. The Hall–Kier alpha value is -3.97. The number of amides is 2. The van der Waals surface area contributed by atoms with Crippen LogP contribution in [0.4, 0.5) is 11.4 Å². The molecule has 0 aliphatic heterocycles. The Bertz CT molecular complexity index is 1250. The van der Waals surface area contributed by atoms with Gasteiger partial charge in [-0.3, -0.25) is 14.4 Å². The molecule has 0 aliphatic carbocycles. The lowest BCUT2D eigenvalue weighted by molar-refractivity contribution is 0.101. The maximum Gasteiger partial charge on any atom is 0.265 e. The van der Waals surface area contributed by atoms with Crippen molar-refractivity contribution in [2.45, 2.75) is 0 Å². The second-order valence-corrected chi connectivity index (χ2v) is 7.36. The molecular formula is C23H17N3O3S. The predicted molar refractivity (Wildman–Crippen MR) is 119 cm³/mol. The highest BCUT2D eigenvalue weighted by molar-refractivity contribution is 7.12. The van der Waals surface area contributed by atoms with Gasteiger partial charge in [0.1, 0.15) is 5.56 Å². The van der Waals surface area contributed by atoms with Crippen molar-refractivity contribution in [1.29, 1.82) is 0 Å². The van der Waals surface area contributed by atoms with Gasteiger partial charge in [-0.2, -0.15) is 0 Å². The number of rotatable bonds is 5. The fourth-order valence-corrected chi connectivity index (χ4v) is 3.54. The molecule has 0 unspecified atom stereocenters. The normalized spacial score (nSPS) is 10.4. The van der Waals surface area contributed by atoms with Gasteiger partial charge in [0.05, 0.1) is 16.3 Å². The van der Waals surface area contributed by atoms with Gasteiger partial charge in [-0.15, -0.1) is 11.3 Å². The van der Waals surface area contributed by atoms with Gasteiger partial charge in [-0.1, -0.05) is 48.5 Å². The number of hydrogen-bond acceptors (Lipinski definition) is 4. The van der Waals surface area contributed by atoms with Crippen molar-refractivity contribution < 1.29 is 9.59 Å². The molecule has 4 aromatic rings. The van der Waals surface area contributed by atoms with Crippen LogP contribution >= 0.6 is 11.3 Å². The Morgan fingerprint density at radius 3 is 2.03 bits per heavy atom. The molecule has 0 aliphatic rings. The lowest BCUT2D eigenvalue weighted by atomic mass is 10.1. The van der Waals surface area contributed by atoms with E-state index in [0.717, 1.165) is 5.56 Å². The first-order chi connectivity index (χ1) is 14.6. The van der Waals surface area contributed by atoms with Crippen LogP contribution in [-0.4, -0.2) is 16.8 Å². The zero-order valence-corrected chi connectivity index (χ0v) is 16.5. The Labute approximate surface area is 176 Å². The Balaban J connectivity index is 1.55. The summed E-state index contributed by atoms with van der Waals surface area (Å²) < 4.78 is 0. The summed E-state index contributed by atoms with van der Waals surface area (Å²) in [5.41, 5.74) is 1.81. The molecule has 4 rings (SSSR count). The monoisotopic (exact) mass is 415 g/mol. The summed E-state index contributed by atoms with van der Waals surface area (Å²) in [4.78, 5) is 40.8. The molecule has 0 atom stereocenters. The van der Waals surface area contributed by atoms with E-state index in [1.807, 2.05) is 35.7 Å². The summed E-state index contributed by atoms with van der Waals surface area (Å²) in [6.07, 6.45) is 0. The predicted octanol–water partition coefficient (Wildman–Crippen LogP) is 4.61. The number of carbonyl (C=O) groups is 2. The minimum atomic E-state index is -0.561. The zero-order chi connectivity index (χ0) is 20.9. The minimum Gasteiger partial charge on any atom is -0.321 e. The number of para-hydroxylation sites is 2. The molecule has 0 spiro atoms. The second-order valence-electron chi connectivity index (χ2n) is 6.41. The molecule has 6 nitrogen and oxygen atoms in total. The van der Waals surface area contributed by atoms with Crippen LogP contribution in [0.5, 0.6) is 0 Å². The van der Waals surface area contributed by atoms with Crippen LogP contribution in [0.2, 0.25) is 0 Å². The number of hydrogen-bond donors (Lipinski definition) is 3. The quantitative estimate of drug-likeness (QED) is 0.445. The largest absolute Gasteiger partial charge is 0.321 e. The van der Waals surface area contributed by atoms with Gasteiger partial charge in [0.15, 0.2) is 0 Å². The number of nitrogens with one attached hydrogen (secondary N) is 3. The Morgan fingerprint density at radius 1 is 0.733 bits per heavy atom. The van der Waals surface area contributed by atoms with Crippen molar-refractivity contribution in [3.63, 3.8) is 0 Å². The molecule has 0 fully saturated rings. The molecule has 0 saturated heterocycles. The SMILES string of the molecule is O=C(Nc1ccccc1NC(=O)c1ccc(-c2ccccc2)[nH]c1=O)c1cccs1. The van der Waals surface area contributed by atoms with Crippen molar-refractivity contribution >= 4 is 34.5 Å². The van der Waals surface area contributed by atoms with Crippen LogP contribution in [0.3, 0.4) is 0 Å². The first-order valence-corrected chi connectivity index (χ1v) is 10.0. The van der Waals surface area contributed by atoms with Gasteiger partial charge in [0.25, 0.3) is 17.4 Å². The molecule has 2 amide bonds. The van der Waals surface area contributed by atoms with Crippen molar-refractivity contribution in [3.8, 4) is 11.3 Å². The highest BCUT2D eigenvalue weighted by Crippen LogP contribution is 2.23. The summed E-state index contributed by atoms with van der Waals surface area (Å²) in [5.74, 6) is -0.828. The number of aromatic amines is 1. The van der Waals surface area contributed by atoms with E-state index in [1.54, 1.807) is 42.5 Å². The molecule has 2 aromatic heterocycles. The molecule has 3 N–H and O–H groups in total. The van der Waals surface area contributed by atoms with E-state index in [1.165, 1.54) is 17.4 Å². The zero-order valence-electron chi connectivity index (χ0n) is 15.7. The minimum absolute atomic E-state index is 0.0194. The number of aromatic nitrogens is 1. The van der Waals surface area contributed by atoms with E-state index < -0.39 is 11.5 Å². The maximum absolute atomic E-state index is 12.7. The van der Waals surface area contributed by atoms with Crippen molar-refractivity contribution in [2.24, 2.45) is 0 Å². The van der Waals surface area contributed by atoms with E-state index in [2.05, 4.69) is 15.6 Å². The number of pyridine rings is 1. The summed E-state index contributed by atoms with van der Waals surface area (Å²) >= 11 is 1.32.